The van der Waals surface area contributed by atoms with E-state index in [9.17, 15) is 23.6 Å². The van der Waals surface area contributed by atoms with Gasteiger partial charge in [-0.15, -0.1) is 0 Å². The van der Waals surface area contributed by atoms with Crippen LogP contribution in [0.25, 0.3) is 0 Å². The fourth-order valence-electron chi connectivity index (χ4n) is 9.54. The summed E-state index contributed by atoms with van der Waals surface area (Å²) >= 11 is 6.64. The lowest BCUT2D eigenvalue weighted by atomic mass is 9.78. The number of esters is 1. The number of carbonyl (C=O) groups excluding carboxylic acids is 3. The van der Waals surface area contributed by atoms with Gasteiger partial charge in [-0.05, 0) is 123 Å². The molecule has 3 fully saturated rings. The van der Waals surface area contributed by atoms with Crippen LogP contribution in [0.5, 0.6) is 0 Å². The first-order valence-corrected chi connectivity index (χ1v) is 22.8. The lowest BCUT2D eigenvalue weighted by Crippen LogP contribution is -2.44. The Hall–Kier alpha value is -2.60. The second-order valence-electron chi connectivity index (χ2n) is 17.3. The molecule has 1 aromatic carbocycles. The minimum atomic E-state index is -2.50. The number of piperidine rings is 1. The van der Waals surface area contributed by atoms with E-state index in [2.05, 4.69) is 30.1 Å². The molecule has 1 saturated carbocycles. The molecule has 1 aromatic rings. The second kappa shape index (κ2) is 16.6. The van der Waals surface area contributed by atoms with Gasteiger partial charge < -0.3 is 19.7 Å². The lowest BCUT2D eigenvalue weighted by molar-refractivity contribution is -0.146. The van der Waals surface area contributed by atoms with Gasteiger partial charge in [0, 0.05) is 49.5 Å². The average Bonchev–Trinajstić information content (AvgIpc) is 3.71. The van der Waals surface area contributed by atoms with E-state index >= 15 is 4.39 Å². The normalized spacial score (nSPS) is 29.2. The summed E-state index contributed by atoms with van der Waals surface area (Å²) in [7, 11) is -1.10. The van der Waals surface area contributed by atoms with Crippen molar-refractivity contribution in [2.24, 2.45) is 23.7 Å². The fourth-order valence-corrected chi connectivity index (χ4v) is 10.5. The van der Waals surface area contributed by atoms with Gasteiger partial charge in [0.1, 0.15) is 18.0 Å². The fraction of sp³-hybridized carbons (Fsp3) is 0.683. The highest BCUT2D eigenvalue weighted by Gasteiger charge is 2.52. The van der Waals surface area contributed by atoms with E-state index in [0.717, 1.165) is 48.4 Å². The summed E-state index contributed by atoms with van der Waals surface area (Å²) in [6, 6.07) is 3.30. The molecule has 8 nitrogen and oxygen atoms in total. The third kappa shape index (κ3) is 9.11. The van der Waals surface area contributed by atoms with Gasteiger partial charge in [0.25, 0.3) is 0 Å². The molecule has 12 heteroatoms. The maximum absolute atomic E-state index is 15.6. The number of allylic oxidation sites excluding steroid dienone is 4. The minimum absolute atomic E-state index is 0.0158. The summed E-state index contributed by atoms with van der Waals surface area (Å²) in [6.45, 7) is 15.3. The predicted molar refractivity (Wildman–Crippen MR) is 207 cm³/mol. The number of amides is 2. The van der Waals surface area contributed by atoms with E-state index in [4.69, 9.17) is 16.3 Å². The Bertz CT molecular complexity index is 1590. The Morgan fingerprint density at radius 2 is 1.83 bits per heavy atom. The Labute approximate surface area is 320 Å². The molecule has 8 atom stereocenters. The summed E-state index contributed by atoms with van der Waals surface area (Å²) in [5.74, 6) is -2.26. The summed E-state index contributed by atoms with van der Waals surface area (Å²) < 4.78 is 35.0. The van der Waals surface area contributed by atoms with Gasteiger partial charge in [-0.25, -0.2) is 8.78 Å². The molecule has 2 saturated heterocycles. The number of hydrogen-bond acceptors (Lipinski definition) is 6. The molecule has 0 spiro atoms. The number of benzene rings is 1. The summed E-state index contributed by atoms with van der Waals surface area (Å²) in [4.78, 5) is 55.0. The molecule has 0 aromatic heterocycles. The van der Waals surface area contributed by atoms with Crippen molar-refractivity contribution in [2.45, 2.75) is 128 Å². The van der Waals surface area contributed by atoms with Gasteiger partial charge in [0.15, 0.2) is 8.32 Å². The Balaban J connectivity index is 1.37. The number of methoxy groups -OCH3 is 1. The van der Waals surface area contributed by atoms with Crippen molar-refractivity contribution in [1.29, 1.82) is 0 Å². The summed E-state index contributed by atoms with van der Waals surface area (Å²) in [5, 5.41) is 3.49. The molecule has 0 radical (unpaired) electrons. The predicted octanol–water partition coefficient (Wildman–Crippen LogP) is 7.95. The maximum atomic E-state index is 15.6. The zero-order chi connectivity index (χ0) is 39.0. The highest BCUT2D eigenvalue weighted by molar-refractivity contribution is 6.72. The van der Waals surface area contributed by atoms with Gasteiger partial charge in [-0.2, -0.15) is 0 Å². The van der Waals surface area contributed by atoms with Gasteiger partial charge >= 0.3 is 5.97 Å². The molecule has 3 unspecified atom stereocenters. The van der Waals surface area contributed by atoms with Crippen molar-refractivity contribution < 1.29 is 32.7 Å². The molecular formula is C41H60ClF2N3O5Si. The van der Waals surface area contributed by atoms with Crippen molar-refractivity contribution in [3.05, 3.63) is 57.9 Å². The molecule has 53 heavy (non-hydrogen) atoms. The third-order valence-corrected chi connectivity index (χ3v) is 17.1. The van der Waals surface area contributed by atoms with Gasteiger partial charge in [0.2, 0.25) is 11.8 Å². The van der Waals surface area contributed by atoms with Crippen molar-refractivity contribution in [3.63, 3.8) is 0 Å². The molecule has 5 rings (SSSR count). The van der Waals surface area contributed by atoms with E-state index in [1.807, 2.05) is 37.9 Å². The Morgan fingerprint density at radius 3 is 2.42 bits per heavy atom. The van der Waals surface area contributed by atoms with Crippen LogP contribution in [0.3, 0.4) is 0 Å². The largest absolute Gasteiger partial charge is 0.468 e. The van der Waals surface area contributed by atoms with Crippen LogP contribution in [-0.2, 0) is 19.1 Å². The molecule has 2 aliphatic carbocycles. The van der Waals surface area contributed by atoms with Gasteiger partial charge in [-0.1, -0.05) is 44.5 Å². The number of nitrogens with zero attached hydrogens (tertiary/aromatic N) is 2. The van der Waals surface area contributed by atoms with Crippen LogP contribution in [0.1, 0.15) is 101 Å². The van der Waals surface area contributed by atoms with Crippen LogP contribution < -0.4 is 5.32 Å². The second-order valence-corrected chi connectivity index (χ2v) is 22.2. The Kier molecular flexibility index (Phi) is 13.0. The minimum Gasteiger partial charge on any atom is -0.468 e. The molecule has 2 heterocycles. The van der Waals surface area contributed by atoms with Crippen molar-refractivity contribution in [3.8, 4) is 0 Å². The van der Waals surface area contributed by atoms with E-state index < -0.39 is 38.2 Å². The van der Waals surface area contributed by atoms with Crippen LogP contribution in [0.4, 0.5) is 8.78 Å². The highest BCUT2D eigenvalue weighted by Crippen LogP contribution is 2.49. The van der Waals surface area contributed by atoms with E-state index in [1.54, 1.807) is 6.08 Å². The zero-order valence-corrected chi connectivity index (χ0v) is 34.5. The third-order valence-electron chi connectivity index (χ3n) is 13.2. The standard InChI is InChI=1S/C41H60ClF2N3O5Si/c1-9-37(45-25(3)48)33-16-24(2)35(42)21-31(33)27-12-14-46(15-13-27)39(49)34-20-29(19-32(34)30-11-10-28(43)18-36(30)44)47-23-26(17-38(47)40(50)52-6)22-41(4,5)53(7,8)51/h10-11,16,18,21,26-27,29-30,32,34,36-38,51H,9,12-15,17,19-20,22-23H2,1-8H3,(H,45,48)/t26-,29?,30?,32-,34+,36?,37-,38+/m0/s1. The van der Waals surface area contributed by atoms with Gasteiger partial charge in [-0.3, -0.25) is 19.3 Å². The number of carbonyl (C=O) groups is 3. The van der Waals surface area contributed by atoms with Crippen LogP contribution >= 0.6 is 11.6 Å². The number of rotatable bonds is 11. The van der Waals surface area contributed by atoms with Crippen molar-refractivity contribution in [2.75, 3.05) is 26.7 Å². The SMILES string of the molecule is CC[C@H](NC(C)=O)c1cc(C)c(Cl)cc1C1CCN(C(=O)[C@@H]2CC(N3C[C@H](CC(C)(C)[Si](C)(C)O)C[C@@H]3C(=O)OC)C[C@H]2C2C=CC(F)=CC2F)CC1. The molecule has 4 aliphatic rings. The van der Waals surface area contributed by atoms with Crippen LogP contribution in [0.15, 0.2) is 36.2 Å². The van der Waals surface area contributed by atoms with Crippen LogP contribution in [-0.4, -0.2) is 85.7 Å². The van der Waals surface area contributed by atoms with Crippen LogP contribution in [0, 0.1) is 30.6 Å². The van der Waals surface area contributed by atoms with Crippen molar-refractivity contribution in [1.82, 2.24) is 15.1 Å². The van der Waals surface area contributed by atoms with E-state index in [1.165, 1.54) is 20.1 Å². The number of alkyl halides is 1. The quantitative estimate of drug-likeness (QED) is 0.175. The molecule has 2 N–H and O–H groups in total. The van der Waals surface area contributed by atoms with Crippen LogP contribution in [0.2, 0.25) is 23.2 Å². The van der Waals surface area contributed by atoms with E-state index in [0.29, 0.717) is 43.9 Å². The molecule has 2 aliphatic heterocycles. The summed E-state index contributed by atoms with van der Waals surface area (Å²) in [5.41, 5.74) is 3.10. The molecule has 2 amide bonds. The first-order chi connectivity index (χ1) is 24.8. The molecule has 0 bridgehead atoms. The number of nitrogens with one attached hydrogen (secondary N) is 1. The number of ether oxygens (including phenoxy) is 1. The average molecular weight is 776 g/mol. The number of hydrogen-bond donors (Lipinski definition) is 2. The van der Waals surface area contributed by atoms with Gasteiger partial charge in [0.05, 0.1) is 13.2 Å². The van der Waals surface area contributed by atoms with Crippen molar-refractivity contribution >= 4 is 37.7 Å². The lowest BCUT2D eigenvalue weighted by Gasteiger charge is -2.37. The number of halogens is 3. The van der Waals surface area contributed by atoms with E-state index in [-0.39, 0.29) is 52.7 Å². The maximum Gasteiger partial charge on any atom is 0.323 e. The topological polar surface area (TPSA) is 99.2 Å². The highest BCUT2D eigenvalue weighted by atomic mass is 35.5. The summed E-state index contributed by atoms with van der Waals surface area (Å²) in [6.07, 6.45) is 6.86. The molecule has 294 valence electrons. The first-order valence-electron chi connectivity index (χ1n) is 19.5. The number of aryl methyl sites for hydroxylation is 1. The first kappa shape index (κ1) is 41.6. The zero-order valence-electron chi connectivity index (χ0n) is 32.8. The monoisotopic (exact) mass is 775 g/mol. The number of likely N-dealkylation sites (tertiary alicyclic amines) is 2. The Morgan fingerprint density at radius 1 is 1.15 bits per heavy atom. The smallest absolute Gasteiger partial charge is 0.323 e. The molecular weight excluding hydrogens is 716 g/mol.